The second-order valence-electron chi connectivity index (χ2n) is 5.57. The van der Waals surface area contributed by atoms with Crippen molar-refractivity contribution in [2.24, 2.45) is 7.05 Å². The molecule has 0 N–H and O–H groups in total. The Hall–Kier alpha value is -2.36. The number of pyridine rings is 1. The van der Waals surface area contributed by atoms with Crippen molar-refractivity contribution >= 4 is 54.7 Å². The lowest BCUT2D eigenvalue weighted by molar-refractivity contribution is -0.616. The van der Waals surface area contributed by atoms with Gasteiger partial charge >= 0.3 is 5.51 Å². The van der Waals surface area contributed by atoms with E-state index in [1.54, 1.807) is 0 Å². The Bertz CT molecular complexity index is 1270. The average molecular weight is 418 g/mol. The number of furan rings is 1. The molecule has 0 aliphatic carbocycles. The van der Waals surface area contributed by atoms with E-state index in [1.807, 2.05) is 43.4 Å². The molecule has 0 fully saturated rings. The maximum atomic E-state index is 10.7. The number of hydrogen-bond donors (Lipinski definition) is 0. The summed E-state index contributed by atoms with van der Waals surface area (Å²) >= 11 is 6.51. The lowest BCUT2D eigenvalue weighted by Crippen LogP contribution is -2.29. The molecule has 2 aromatic heterocycles. The van der Waals surface area contributed by atoms with Crippen molar-refractivity contribution in [3.05, 3.63) is 53.6 Å². The van der Waals surface area contributed by atoms with Crippen LogP contribution in [0.25, 0.3) is 33.0 Å². The van der Waals surface area contributed by atoms with Crippen molar-refractivity contribution in [1.82, 2.24) is 0 Å². The van der Waals surface area contributed by atoms with Gasteiger partial charge in [0.1, 0.15) is 17.7 Å². The van der Waals surface area contributed by atoms with Crippen LogP contribution in [0, 0.1) is 0 Å². The van der Waals surface area contributed by atoms with Crippen LogP contribution in [0.5, 0.6) is 0 Å². The lowest BCUT2D eigenvalue weighted by Gasteiger charge is -2.08. The fraction of sp³-hybridized carbons (Fsp3) is 0.118. The fourth-order valence-electron chi connectivity index (χ4n) is 2.71. The zero-order valence-corrected chi connectivity index (χ0v) is 15.2. The molecule has 0 spiro atoms. The Morgan fingerprint density at radius 1 is 1.04 bits per heavy atom. The lowest BCUT2D eigenvalue weighted by atomic mass is 10.1. The predicted molar refractivity (Wildman–Crippen MR) is 93.2 cm³/mol. The first-order chi connectivity index (χ1) is 12.5. The maximum absolute atomic E-state index is 10.7. The van der Waals surface area contributed by atoms with E-state index >= 15 is 0 Å². The number of nitrogens with zero attached hydrogens (tertiary/aromatic N) is 1. The first-order valence-corrected chi connectivity index (χ1v) is 9.20. The number of halogens is 4. The van der Waals surface area contributed by atoms with Crippen LogP contribution in [0.1, 0.15) is 0 Å². The van der Waals surface area contributed by atoms with Gasteiger partial charge < -0.3 is 8.97 Å². The summed E-state index contributed by atoms with van der Waals surface area (Å²) in [6.07, 6.45) is 0. The first kappa shape index (κ1) is 19.4. The number of aromatic nitrogens is 1. The normalized spacial score (nSPS) is 12.4. The van der Waals surface area contributed by atoms with Gasteiger partial charge in [0.2, 0.25) is 11.1 Å². The minimum atomic E-state index is -6.09. The van der Waals surface area contributed by atoms with E-state index < -0.39 is 15.6 Å². The van der Waals surface area contributed by atoms with E-state index in [-0.39, 0.29) is 0 Å². The van der Waals surface area contributed by atoms with Crippen LogP contribution in [-0.2, 0) is 17.2 Å². The minimum Gasteiger partial charge on any atom is -0.741 e. The third-order valence-electron chi connectivity index (χ3n) is 3.89. The smallest absolute Gasteiger partial charge is 0.485 e. The molecule has 0 saturated carbocycles. The Labute approximate surface area is 156 Å². The standard InChI is InChI=1S/C16H11ClNO.CHF3O3S/c1-18-12-8-4-2-6-10(12)14(17)16-15(18)11-7-3-5-9-13(11)19-16;2-1(3,4)8(5,6)7/h2-9H,1H3;(H,5,6,7)/q+1;/p-1. The van der Waals surface area contributed by atoms with Crippen LogP contribution in [0.4, 0.5) is 13.2 Å². The van der Waals surface area contributed by atoms with Crippen molar-refractivity contribution < 1.29 is 35.1 Å². The topological polar surface area (TPSA) is 74.2 Å². The second-order valence-corrected chi connectivity index (χ2v) is 7.32. The summed E-state index contributed by atoms with van der Waals surface area (Å²) in [5.41, 5.74) is -1.88. The zero-order valence-electron chi connectivity index (χ0n) is 13.6. The van der Waals surface area contributed by atoms with Crippen molar-refractivity contribution in [3.8, 4) is 0 Å². The molecule has 0 amide bonds. The molecule has 4 aromatic rings. The largest absolute Gasteiger partial charge is 0.741 e. The molecular formula is C17H11ClF3NO4S. The highest BCUT2D eigenvalue weighted by Crippen LogP contribution is 2.34. The Balaban J connectivity index is 0.000000226. The van der Waals surface area contributed by atoms with E-state index in [2.05, 4.69) is 16.7 Å². The number of fused-ring (bicyclic) bond motifs is 4. The number of aryl methyl sites for hydroxylation is 1. The highest BCUT2D eigenvalue weighted by Gasteiger charge is 2.36. The number of hydrogen-bond acceptors (Lipinski definition) is 4. The monoisotopic (exact) mass is 417 g/mol. The SMILES string of the molecule is C[n+]1c2ccccc2c(Cl)c2oc3ccccc3c21.O=S(=O)([O-])C(F)(F)F. The van der Waals surface area contributed by atoms with E-state index in [4.69, 9.17) is 29.0 Å². The average Bonchev–Trinajstić information content (AvgIpc) is 2.98. The van der Waals surface area contributed by atoms with Crippen LogP contribution in [0.3, 0.4) is 0 Å². The fourth-order valence-corrected chi connectivity index (χ4v) is 3.00. The zero-order chi connectivity index (χ0) is 20.0. The molecule has 0 saturated heterocycles. The molecule has 27 heavy (non-hydrogen) atoms. The summed E-state index contributed by atoms with van der Waals surface area (Å²) in [4.78, 5) is 0. The molecule has 0 aliphatic heterocycles. The first-order valence-electron chi connectivity index (χ1n) is 7.42. The third-order valence-corrected chi connectivity index (χ3v) is 4.83. The number of alkyl halides is 3. The summed E-state index contributed by atoms with van der Waals surface area (Å²) in [6.45, 7) is 0. The minimum absolute atomic E-state index is 0.680. The molecule has 0 atom stereocenters. The van der Waals surface area contributed by atoms with Crippen LogP contribution in [-0.4, -0.2) is 18.5 Å². The molecule has 0 radical (unpaired) electrons. The molecule has 10 heteroatoms. The van der Waals surface area contributed by atoms with Gasteiger partial charge in [0.05, 0.1) is 10.8 Å². The van der Waals surface area contributed by atoms with Crippen molar-refractivity contribution in [3.63, 3.8) is 0 Å². The molecule has 5 nitrogen and oxygen atoms in total. The highest BCUT2D eigenvalue weighted by molar-refractivity contribution is 7.86. The summed E-state index contributed by atoms with van der Waals surface area (Å²) in [5, 5.41) is 2.78. The number of para-hydroxylation sites is 2. The van der Waals surface area contributed by atoms with Crippen molar-refractivity contribution in [1.29, 1.82) is 0 Å². The summed E-state index contributed by atoms with van der Waals surface area (Å²) in [5.74, 6) is 0. The van der Waals surface area contributed by atoms with Gasteiger partial charge in [0, 0.05) is 6.07 Å². The van der Waals surface area contributed by atoms with E-state index in [9.17, 15) is 13.2 Å². The molecule has 0 bridgehead atoms. The van der Waals surface area contributed by atoms with Crippen LogP contribution >= 0.6 is 11.6 Å². The van der Waals surface area contributed by atoms with Gasteiger partial charge in [-0.05, 0) is 18.2 Å². The second kappa shape index (κ2) is 6.66. The Morgan fingerprint density at radius 3 is 2.15 bits per heavy atom. The van der Waals surface area contributed by atoms with Crippen LogP contribution in [0.15, 0.2) is 52.9 Å². The molecular weight excluding hydrogens is 407 g/mol. The Morgan fingerprint density at radius 2 is 1.56 bits per heavy atom. The molecule has 4 rings (SSSR count). The molecule has 2 heterocycles. The van der Waals surface area contributed by atoms with Crippen LogP contribution < -0.4 is 4.57 Å². The van der Waals surface area contributed by atoms with E-state index in [1.165, 1.54) is 0 Å². The maximum Gasteiger partial charge on any atom is 0.485 e. The Kier molecular flexibility index (Phi) is 4.79. The highest BCUT2D eigenvalue weighted by atomic mass is 35.5. The van der Waals surface area contributed by atoms with Crippen molar-refractivity contribution in [2.75, 3.05) is 0 Å². The molecule has 0 unspecified atom stereocenters. The van der Waals surface area contributed by atoms with Gasteiger partial charge in [-0.25, -0.2) is 8.42 Å². The summed E-state index contributed by atoms with van der Waals surface area (Å²) < 4.78 is 67.0. The predicted octanol–water partition coefficient (Wildman–Crippen LogP) is 4.27. The summed E-state index contributed by atoms with van der Waals surface area (Å²) in [7, 11) is -4.05. The molecule has 2 aromatic carbocycles. The van der Waals surface area contributed by atoms with Gasteiger partial charge in [0.25, 0.3) is 5.52 Å². The van der Waals surface area contributed by atoms with Crippen LogP contribution in [0.2, 0.25) is 5.02 Å². The van der Waals surface area contributed by atoms with Gasteiger partial charge in [-0.2, -0.15) is 17.7 Å². The number of rotatable bonds is 0. The van der Waals surface area contributed by atoms with Gasteiger partial charge in [-0.15, -0.1) is 0 Å². The number of benzene rings is 2. The van der Waals surface area contributed by atoms with Gasteiger partial charge in [-0.1, -0.05) is 35.9 Å². The molecule has 142 valence electrons. The molecule has 0 aliphatic rings. The quantitative estimate of drug-likeness (QED) is 0.243. The van der Waals surface area contributed by atoms with Gasteiger partial charge in [0.15, 0.2) is 10.1 Å². The third kappa shape index (κ3) is 3.45. The summed E-state index contributed by atoms with van der Waals surface area (Å²) in [6, 6.07) is 16.1. The van der Waals surface area contributed by atoms with Crippen molar-refractivity contribution in [2.45, 2.75) is 5.51 Å². The van der Waals surface area contributed by atoms with Gasteiger partial charge in [-0.3, -0.25) is 0 Å². The van der Waals surface area contributed by atoms with E-state index in [0.717, 1.165) is 33.0 Å². The van der Waals surface area contributed by atoms with E-state index in [0.29, 0.717) is 5.02 Å².